The highest BCUT2D eigenvalue weighted by Crippen LogP contribution is 2.33. The number of halogens is 3. The Hall–Kier alpha value is -2.06. The van der Waals surface area contributed by atoms with Crippen LogP contribution in [0.1, 0.15) is 12.6 Å². The van der Waals surface area contributed by atoms with E-state index in [4.69, 9.17) is 9.84 Å². The predicted octanol–water partition coefficient (Wildman–Crippen LogP) is 1.61. The molecule has 0 bridgehead atoms. The molecule has 1 aromatic heterocycles. The molecule has 1 aromatic rings. The first-order chi connectivity index (χ1) is 8.60. The molecule has 0 aliphatic carbocycles. The minimum absolute atomic E-state index is 0.0323. The maximum Gasteiger partial charge on any atom is 0.422 e. The number of ether oxygens (including phenoxy) is 1. The smallest absolute Gasteiger partial charge is 0.422 e. The summed E-state index contributed by atoms with van der Waals surface area (Å²) in [5.41, 5.74) is -2.85. The molecule has 2 N–H and O–H groups in total. The molecule has 0 aromatic carbocycles. The molecule has 1 rings (SSSR count). The van der Waals surface area contributed by atoms with E-state index in [1.807, 2.05) is 0 Å². The van der Waals surface area contributed by atoms with Crippen molar-refractivity contribution >= 4 is 11.9 Å². The summed E-state index contributed by atoms with van der Waals surface area (Å²) in [5.74, 6) is -2.52. The average Bonchev–Trinajstić information content (AvgIpc) is 2.26. The highest BCUT2D eigenvalue weighted by Gasteiger charge is 2.58. The lowest BCUT2D eigenvalue weighted by molar-refractivity contribution is -0.193. The van der Waals surface area contributed by atoms with E-state index >= 15 is 0 Å². The lowest BCUT2D eigenvalue weighted by atomic mass is 10.0. The Morgan fingerprint density at radius 3 is 2.42 bits per heavy atom. The second-order valence-electron chi connectivity index (χ2n) is 3.93. The third-order valence-electron chi connectivity index (χ3n) is 2.40. The van der Waals surface area contributed by atoms with Gasteiger partial charge in [0.05, 0.1) is 7.11 Å². The van der Waals surface area contributed by atoms with E-state index in [2.05, 4.69) is 9.97 Å². The highest BCUT2D eigenvalue weighted by atomic mass is 19.4. The predicted molar refractivity (Wildman–Crippen MR) is 59.0 cm³/mol. The molecule has 0 fully saturated rings. The molecule has 19 heavy (non-hydrogen) atoms. The van der Waals surface area contributed by atoms with Crippen molar-refractivity contribution in [2.75, 3.05) is 12.4 Å². The molecular weight excluding hydrogens is 267 g/mol. The fourth-order valence-electron chi connectivity index (χ4n) is 1.17. The molecular formula is C10H12F3N3O3. The largest absolute Gasteiger partial charge is 0.481 e. The normalized spacial score (nSPS) is 14.6. The van der Waals surface area contributed by atoms with Gasteiger partial charge < -0.3 is 15.2 Å². The van der Waals surface area contributed by atoms with Gasteiger partial charge in [-0.05, 0) is 13.8 Å². The van der Waals surface area contributed by atoms with Gasteiger partial charge in [-0.2, -0.15) is 18.2 Å². The van der Waals surface area contributed by atoms with Gasteiger partial charge in [0.15, 0.2) is 0 Å². The third-order valence-corrected chi connectivity index (χ3v) is 2.40. The van der Waals surface area contributed by atoms with E-state index in [1.54, 1.807) is 5.32 Å². The summed E-state index contributed by atoms with van der Waals surface area (Å²) in [4.78, 5) is 18.2. The monoisotopic (exact) mass is 279 g/mol. The topological polar surface area (TPSA) is 84.3 Å². The summed E-state index contributed by atoms with van der Waals surface area (Å²) in [5, 5.41) is 10.5. The number of nitrogens with zero attached hydrogens (tertiary/aromatic N) is 2. The third kappa shape index (κ3) is 3.04. The van der Waals surface area contributed by atoms with Gasteiger partial charge in [0.1, 0.15) is 0 Å². The first-order valence-corrected chi connectivity index (χ1v) is 5.08. The van der Waals surface area contributed by atoms with Gasteiger partial charge in [-0.3, -0.25) is 0 Å². The quantitative estimate of drug-likeness (QED) is 0.871. The summed E-state index contributed by atoms with van der Waals surface area (Å²) < 4.78 is 43.2. The van der Waals surface area contributed by atoms with Gasteiger partial charge in [0, 0.05) is 11.8 Å². The Labute approximate surface area is 106 Å². The number of carboxylic acids is 1. The van der Waals surface area contributed by atoms with Gasteiger partial charge in [-0.1, -0.05) is 0 Å². The van der Waals surface area contributed by atoms with E-state index in [0.717, 1.165) is 0 Å². The Morgan fingerprint density at radius 2 is 2.00 bits per heavy atom. The molecule has 0 spiro atoms. The fraction of sp³-hybridized carbons (Fsp3) is 0.500. The number of methoxy groups -OCH3 is 1. The van der Waals surface area contributed by atoms with Crippen molar-refractivity contribution in [1.29, 1.82) is 0 Å². The molecule has 0 amide bonds. The summed E-state index contributed by atoms with van der Waals surface area (Å²) >= 11 is 0. The second kappa shape index (κ2) is 4.90. The lowest BCUT2D eigenvalue weighted by Crippen LogP contribution is -2.56. The van der Waals surface area contributed by atoms with Gasteiger partial charge in [0.25, 0.3) is 0 Å². The zero-order valence-corrected chi connectivity index (χ0v) is 10.4. The highest BCUT2D eigenvalue weighted by molar-refractivity contribution is 5.82. The molecule has 9 heteroatoms. The standard InChI is InChI=1S/C10H12F3N3O3/c1-5-4-6(19-3)15-8(14-5)16-9(2,7(17)18)10(11,12)13/h4H,1-3H3,(H,17,18)(H,14,15,16). The number of aryl methyl sites for hydroxylation is 1. The van der Waals surface area contributed by atoms with E-state index < -0.39 is 23.6 Å². The molecule has 0 radical (unpaired) electrons. The van der Waals surface area contributed by atoms with Crippen LogP contribution in [0.3, 0.4) is 0 Å². The van der Waals surface area contributed by atoms with Crippen molar-refractivity contribution in [3.63, 3.8) is 0 Å². The van der Waals surface area contributed by atoms with Crippen LogP contribution in [0.15, 0.2) is 6.07 Å². The Morgan fingerprint density at radius 1 is 1.42 bits per heavy atom. The fourth-order valence-corrected chi connectivity index (χ4v) is 1.17. The van der Waals surface area contributed by atoms with E-state index in [-0.39, 0.29) is 5.88 Å². The number of hydrogen-bond acceptors (Lipinski definition) is 5. The minimum Gasteiger partial charge on any atom is -0.481 e. The van der Waals surface area contributed by atoms with Crippen molar-refractivity contribution in [3.8, 4) is 5.88 Å². The number of anilines is 1. The van der Waals surface area contributed by atoms with E-state index in [9.17, 15) is 18.0 Å². The van der Waals surface area contributed by atoms with E-state index in [0.29, 0.717) is 12.6 Å². The first-order valence-electron chi connectivity index (χ1n) is 5.08. The second-order valence-corrected chi connectivity index (χ2v) is 3.93. The summed E-state index contributed by atoms with van der Waals surface area (Å²) in [6.07, 6.45) is -5.01. The van der Waals surface area contributed by atoms with Gasteiger partial charge in [0.2, 0.25) is 17.4 Å². The van der Waals surface area contributed by atoms with Crippen molar-refractivity contribution in [2.45, 2.75) is 25.6 Å². The Balaban J connectivity index is 3.18. The minimum atomic E-state index is -5.01. The van der Waals surface area contributed by atoms with Crippen LogP contribution in [-0.2, 0) is 4.79 Å². The number of nitrogens with one attached hydrogen (secondary N) is 1. The lowest BCUT2D eigenvalue weighted by Gasteiger charge is -2.28. The van der Waals surface area contributed by atoms with Crippen molar-refractivity contribution in [2.24, 2.45) is 0 Å². The summed E-state index contributed by atoms with van der Waals surface area (Å²) in [7, 11) is 1.28. The molecule has 0 saturated carbocycles. The molecule has 1 unspecified atom stereocenters. The van der Waals surface area contributed by atoms with Crippen molar-refractivity contribution in [1.82, 2.24) is 9.97 Å². The van der Waals surface area contributed by atoms with Gasteiger partial charge >= 0.3 is 12.1 Å². The number of hydrogen-bond donors (Lipinski definition) is 2. The maximum atomic E-state index is 12.8. The van der Waals surface area contributed by atoms with Crippen LogP contribution >= 0.6 is 0 Å². The number of rotatable bonds is 4. The molecule has 0 aliphatic heterocycles. The number of aliphatic carboxylic acids is 1. The summed E-state index contributed by atoms with van der Waals surface area (Å²) in [6.45, 7) is 2.01. The molecule has 1 heterocycles. The number of alkyl halides is 3. The number of aromatic nitrogens is 2. The number of carbonyl (C=O) groups is 1. The zero-order valence-electron chi connectivity index (χ0n) is 10.4. The summed E-state index contributed by atoms with van der Waals surface area (Å²) in [6, 6.07) is 1.40. The van der Waals surface area contributed by atoms with Crippen LogP contribution < -0.4 is 10.1 Å². The van der Waals surface area contributed by atoms with Gasteiger partial charge in [-0.25, -0.2) is 9.78 Å². The van der Waals surface area contributed by atoms with Crippen LogP contribution in [0, 0.1) is 6.92 Å². The van der Waals surface area contributed by atoms with Gasteiger partial charge in [-0.15, -0.1) is 0 Å². The Bertz CT molecular complexity index is 493. The molecule has 0 aliphatic rings. The van der Waals surface area contributed by atoms with Crippen LogP contribution in [0.5, 0.6) is 5.88 Å². The van der Waals surface area contributed by atoms with E-state index in [1.165, 1.54) is 20.1 Å². The molecule has 106 valence electrons. The number of carboxylic acid groups (broad SMARTS) is 1. The van der Waals surface area contributed by atoms with Crippen molar-refractivity contribution < 1.29 is 27.8 Å². The van der Waals surface area contributed by atoms with Crippen LogP contribution in [0.2, 0.25) is 0 Å². The molecule has 1 atom stereocenters. The van der Waals surface area contributed by atoms with Crippen molar-refractivity contribution in [3.05, 3.63) is 11.8 Å². The SMILES string of the molecule is COc1cc(C)nc(NC(C)(C(=O)O)C(F)(F)F)n1. The molecule has 0 saturated heterocycles. The van der Waals surface area contributed by atoms with Crippen LogP contribution in [0.4, 0.5) is 19.1 Å². The first kappa shape index (κ1) is 15.0. The maximum absolute atomic E-state index is 12.8. The Kier molecular flexibility index (Phi) is 3.87. The van der Waals surface area contributed by atoms with Crippen LogP contribution in [-0.4, -0.2) is 39.9 Å². The average molecular weight is 279 g/mol. The zero-order chi connectivity index (χ0) is 14.8. The molecule has 6 nitrogen and oxygen atoms in total. The van der Waals surface area contributed by atoms with Crippen LogP contribution in [0.25, 0.3) is 0 Å².